The molecule has 1 aliphatic heterocycles. The zero-order valence-corrected chi connectivity index (χ0v) is 12.3. The zero-order valence-electron chi connectivity index (χ0n) is 10.6. The minimum absolute atomic E-state index is 0. The fourth-order valence-electron chi connectivity index (χ4n) is 3.11. The van der Waals surface area contributed by atoms with Crippen LogP contribution < -0.4 is 5.73 Å². The summed E-state index contributed by atoms with van der Waals surface area (Å²) in [5.41, 5.74) is 6.02. The monoisotopic (exact) mass is 307 g/mol. The number of sulfonamides is 1. The second-order valence-electron chi connectivity index (χ2n) is 5.18. The van der Waals surface area contributed by atoms with Gasteiger partial charge in [-0.05, 0) is 24.7 Å². The van der Waals surface area contributed by atoms with E-state index in [4.69, 9.17) is 5.73 Å². The molecule has 2 N–H and O–H groups in total. The minimum Gasteiger partial charge on any atom is -0.327 e. The summed E-state index contributed by atoms with van der Waals surface area (Å²) in [6, 6.07) is 0.139. The van der Waals surface area contributed by atoms with Crippen molar-refractivity contribution >= 4 is 22.4 Å². The van der Waals surface area contributed by atoms with Gasteiger partial charge in [0.25, 0.3) is 10.0 Å². The van der Waals surface area contributed by atoms with E-state index in [0.29, 0.717) is 24.9 Å². The molecule has 9 heteroatoms. The van der Waals surface area contributed by atoms with Crippen LogP contribution in [0.25, 0.3) is 0 Å². The number of halogens is 1. The first-order chi connectivity index (χ1) is 8.50. The Hall–Kier alpha value is -0.700. The first-order valence-corrected chi connectivity index (χ1v) is 7.54. The van der Waals surface area contributed by atoms with Gasteiger partial charge in [0.2, 0.25) is 0 Å². The molecule has 108 valence electrons. The van der Waals surface area contributed by atoms with Crippen molar-refractivity contribution in [2.24, 2.45) is 24.6 Å². The molecule has 3 atom stereocenters. The largest absolute Gasteiger partial charge is 0.327 e. The topological polar surface area (TPSA) is 94.1 Å². The van der Waals surface area contributed by atoms with Gasteiger partial charge in [0.1, 0.15) is 0 Å². The highest BCUT2D eigenvalue weighted by Crippen LogP contribution is 2.39. The molecule has 1 aliphatic carbocycles. The summed E-state index contributed by atoms with van der Waals surface area (Å²) < 4.78 is 27.7. The van der Waals surface area contributed by atoms with Gasteiger partial charge in [0, 0.05) is 26.2 Å². The quantitative estimate of drug-likeness (QED) is 0.802. The van der Waals surface area contributed by atoms with Crippen molar-refractivity contribution in [2.45, 2.75) is 23.9 Å². The van der Waals surface area contributed by atoms with Gasteiger partial charge in [-0.25, -0.2) is 13.1 Å². The van der Waals surface area contributed by atoms with E-state index in [2.05, 4.69) is 10.3 Å². The molecule has 1 saturated heterocycles. The molecule has 2 aliphatic rings. The van der Waals surface area contributed by atoms with Crippen molar-refractivity contribution in [3.8, 4) is 0 Å². The highest BCUT2D eigenvalue weighted by atomic mass is 35.5. The zero-order chi connectivity index (χ0) is 12.9. The molecule has 0 aromatic carbocycles. The van der Waals surface area contributed by atoms with Gasteiger partial charge in [0.05, 0.1) is 6.20 Å². The molecule has 1 aromatic heterocycles. The lowest BCUT2D eigenvalue weighted by Gasteiger charge is -2.17. The van der Waals surface area contributed by atoms with Crippen molar-refractivity contribution in [1.29, 1.82) is 0 Å². The Balaban J connectivity index is 0.00000133. The first kappa shape index (κ1) is 14.7. The smallest absolute Gasteiger partial charge is 0.261 e. The number of aromatic nitrogens is 3. The fraction of sp³-hybridized carbons (Fsp3) is 0.800. The Labute approximate surface area is 118 Å². The first-order valence-electron chi connectivity index (χ1n) is 6.10. The fourth-order valence-corrected chi connectivity index (χ4v) is 4.68. The van der Waals surface area contributed by atoms with Crippen LogP contribution in [0.2, 0.25) is 0 Å². The molecule has 1 aromatic rings. The standard InChI is InChI=1S/C10H17N5O2S.ClH/c1-14-10(4-12-13-14)18(16,17)15-5-7-2-3-9(11)8(7)6-15;/h4,7-9H,2-3,5-6,11H2,1H3;1H. The van der Waals surface area contributed by atoms with Gasteiger partial charge in [-0.2, -0.15) is 4.31 Å². The third-order valence-electron chi connectivity index (χ3n) is 4.16. The maximum atomic E-state index is 12.4. The molecule has 2 fully saturated rings. The van der Waals surface area contributed by atoms with Crippen LogP contribution in [0.1, 0.15) is 12.8 Å². The number of rotatable bonds is 2. The summed E-state index contributed by atoms with van der Waals surface area (Å²) >= 11 is 0. The van der Waals surface area contributed by atoms with Gasteiger partial charge < -0.3 is 5.73 Å². The van der Waals surface area contributed by atoms with Gasteiger partial charge >= 0.3 is 0 Å². The van der Waals surface area contributed by atoms with Gasteiger partial charge in [-0.1, -0.05) is 5.21 Å². The molecule has 3 rings (SSSR count). The van der Waals surface area contributed by atoms with Crippen LogP contribution in [0, 0.1) is 11.8 Å². The summed E-state index contributed by atoms with van der Waals surface area (Å²) in [7, 11) is -1.89. The minimum atomic E-state index is -3.48. The second-order valence-corrected chi connectivity index (χ2v) is 7.07. The lowest BCUT2D eigenvalue weighted by molar-refractivity contribution is 0.422. The predicted octanol–water partition coefficient (Wildman–Crippen LogP) is -0.405. The Morgan fingerprint density at radius 1 is 1.37 bits per heavy atom. The van der Waals surface area contributed by atoms with Gasteiger partial charge in [-0.3, -0.25) is 0 Å². The summed E-state index contributed by atoms with van der Waals surface area (Å²) in [4.78, 5) is 0. The third-order valence-corrected chi connectivity index (χ3v) is 6.03. The predicted molar refractivity (Wildman–Crippen MR) is 71.2 cm³/mol. The average Bonchev–Trinajstić information content (AvgIpc) is 2.96. The molecule has 3 unspecified atom stereocenters. The van der Waals surface area contributed by atoms with Crippen molar-refractivity contribution in [3.05, 3.63) is 6.20 Å². The molecule has 19 heavy (non-hydrogen) atoms. The number of nitrogens with two attached hydrogens (primary N) is 1. The highest BCUT2D eigenvalue weighted by Gasteiger charge is 2.45. The van der Waals surface area contributed by atoms with E-state index in [-0.39, 0.29) is 23.5 Å². The van der Waals surface area contributed by atoms with Crippen LogP contribution in [0.15, 0.2) is 11.2 Å². The van der Waals surface area contributed by atoms with Crippen LogP contribution in [0.3, 0.4) is 0 Å². The normalized spacial score (nSPS) is 31.2. The Morgan fingerprint density at radius 3 is 2.68 bits per heavy atom. The van der Waals surface area contributed by atoms with Crippen LogP contribution >= 0.6 is 12.4 Å². The van der Waals surface area contributed by atoms with Crippen LogP contribution in [0.5, 0.6) is 0 Å². The molecular formula is C10H18ClN5O2S. The number of hydrogen-bond donors (Lipinski definition) is 1. The van der Waals surface area contributed by atoms with Crippen molar-refractivity contribution < 1.29 is 8.42 Å². The SMILES string of the molecule is Cl.Cn1nncc1S(=O)(=O)N1CC2CCC(N)C2C1. The number of aryl methyl sites for hydroxylation is 1. The molecule has 2 heterocycles. The molecule has 0 bridgehead atoms. The molecular weight excluding hydrogens is 290 g/mol. The Bertz CT molecular complexity index is 560. The number of fused-ring (bicyclic) bond motifs is 1. The summed E-state index contributed by atoms with van der Waals surface area (Å²) in [6.07, 6.45) is 3.33. The molecule has 0 spiro atoms. The summed E-state index contributed by atoms with van der Waals surface area (Å²) in [6.45, 7) is 1.10. The molecule has 0 radical (unpaired) electrons. The van der Waals surface area contributed by atoms with E-state index in [9.17, 15) is 8.42 Å². The Morgan fingerprint density at radius 2 is 2.11 bits per heavy atom. The van der Waals surface area contributed by atoms with Crippen molar-refractivity contribution in [1.82, 2.24) is 19.3 Å². The van der Waals surface area contributed by atoms with Crippen molar-refractivity contribution in [3.63, 3.8) is 0 Å². The van der Waals surface area contributed by atoms with E-state index in [1.807, 2.05) is 0 Å². The van der Waals surface area contributed by atoms with E-state index in [0.717, 1.165) is 12.8 Å². The lowest BCUT2D eigenvalue weighted by atomic mass is 9.98. The lowest BCUT2D eigenvalue weighted by Crippen LogP contribution is -2.34. The van der Waals surface area contributed by atoms with Crippen molar-refractivity contribution in [2.75, 3.05) is 13.1 Å². The maximum absolute atomic E-state index is 12.4. The van der Waals surface area contributed by atoms with E-state index in [1.165, 1.54) is 15.2 Å². The van der Waals surface area contributed by atoms with Crippen LogP contribution in [-0.2, 0) is 17.1 Å². The molecule has 1 saturated carbocycles. The van der Waals surface area contributed by atoms with Crippen LogP contribution in [-0.4, -0.2) is 46.8 Å². The van der Waals surface area contributed by atoms with E-state index >= 15 is 0 Å². The number of hydrogen-bond acceptors (Lipinski definition) is 5. The third kappa shape index (κ3) is 2.26. The number of nitrogens with zero attached hydrogens (tertiary/aromatic N) is 4. The van der Waals surface area contributed by atoms with Gasteiger partial charge in [0.15, 0.2) is 5.03 Å². The summed E-state index contributed by atoms with van der Waals surface area (Å²) in [5.74, 6) is 0.719. The molecule has 7 nitrogen and oxygen atoms in total. The van der Waals surface area contributed by atoms with Gasteiger partial charge in [-0.15, -0.1) is 17.5 Å². The highest BCUT2D eigenvalue weighted by molar-refractivity contribution is 7.89. The molecule has 0 amide bonds. The average molecular weight is 308 g/mol. The maximum Gasteiger partial charge on any atom is 0.261 e. The Kier molecular flexibility index (Phi) is 3.87. The van der Waals surface area contributed by atoms with Crippen LogP contribution in [0.4, 0.5) is 0 Å². The second kappa shape index (κ2) is 5.01. The van der Waals surface area contributed by atoms with E-state index in [1.54, 1.807) is 7.05 Å². The van der Waals surface area contributed by atoms with E-state index < -0.39 is 10.0 Å². The summed E-state index contributed by atoms with van der Waals surface area (Å²) in [5, 5.41) is 7.46.